The fraction of sp³-hybridized carbons (Fsp3) is 0.500. The maximum Gasteiger partial charge on any atom is 0.314 e. The Bertz CT molecular complexity index is 490. The van der Waals surface area contributed by atoms with E-state index in [-0.39, 0.29) is 5.75 Å². The Balaban J connectivity index is 2.48. The third-order valence-corrected chi connectivity index (χ3v) is 3.72. The van der Waals surface area contributed by atoms with Crippen LogP contribution in [0, 0.1) is 6.92 Å². The summed E-state index contributed by atoms with van der Waals surface area (Å²) in [5.41, 5.74) is 1.87. The molecule has 1 aromatic rings. The first kappa shape index (κ1) is 12.9. The quantitative estimate of drug-likeness (QED) is 0.855. The van der Waals surface area contributed by atoms with Gasteiger partial charge in [-0.1, -0.05) is 6.07 Å². The van der Waals surface area contributed by atoms with E-state index < -0.39 is 11.4 Å². The van der Waals surface area contributed by atoms with Gasteiger partial charge in [0, 0.05) is 12.1 Å². The third kappa shape index (κ3) is 1.97. The molecule has 0 spiro atoms. The number of rotatable bonds is 4. The number of carbonyl (C=O) groups is 1. The van der Waals surface area contributed by atoms with Gasteiger partial charge in [0.2, 0.25) is 0 Å². The molecule has 2 rings (SSSR count). The molecule has 0 unspecified atom stereocenters. The zero-order valence-electron chi connectivity index (χ0n) is 11.0. The number of hydrogen-bond acceptors (Lipinski definition) is 3. The van der Waals surface area contributed by atoms with E-state index >= 15 is 0 Å². The van der Waals surface area contributed by atoms with Crippen molar-refractivity contribution in [3.63, 3.8) is 0 Å². The molecule has 98 valence electrons. The Labute approximate surface area is 107 Å². The minimum Gasteiger partial charge on any atom is -0.508 e. The summed E-state index contributed by atoms with van der Waals surface area (Å²) in [6.45, 7) is 2.51. The number of aliphatic carboxylic acids is 1. The number of aromatic hydroxyl groups is 1. The first-order valence-corrected chi connectivity index (χ1v) is 6.08. The Hall–Kier alpha value is -1.55. The van der Waals surface area contributed by atoms with Gasteiger partial charge in [-0.15, -0.1) is 0 Å². The van der Waals surface area contributed by atoms with E-state index in [1.165, 1.54) is 0 Å². The van der Waals surface area contributed by atoms with Crippen LogP contribution in [0.15, 0.2) is 12.1 Å². The Morgan fingerprint density at radius 2 is 2.00 bits per heavy atom. The summed E-state index contributed by atoms with van der Waals surface area (Å²) in [5.74, 6) is -0.516. The molecule has 0 saturated heterocycles. The lowest BCUT2D eigenvalue weighted by molar-refractivity contribution is -0.140. The topological polar surface area (TPSA) is 60.8 Å². The van der Waals surface area contributed by atoms with Gasteiger partial charge in [-0.05, 0) is 51.1 Å². The maximum atomic E-state index is 11.4. The van der Waals surface area contributed by atoms with Crippen LogP contribution in [0.3, 0.4) is 0 Å². The Morgan fingerprint density at radius 1 is 1.39 bits per heavy atom. The van der Waals surface area contributed by atoms with Crippen LogP contribution in [0.25, 0.3) is 0 Å². The SMILES string of the molecule is Cc1c(C2(C(=O)O)CC2)ccc(O)c1CN(C)C. The summed E-state index contributed by atoms with van der Waals surface area (Å²) in [4.78, 5) is 13.3. The summed E-state index contributed by atoms with van der Waals surface area (Å²) < 4.78 is 0. The highest BCUT2D eigenvalue weighted by Crippen LogP contribution is 2.50. The van der Waals surface area contributed by atoms with Gasteiger partial charge >= 0.3 is 5.97 Å². The predicted octanol–water partition coefficient (Wildman–Crippen LogP) is 1.88. The molecule has 1 saturated carbocycles. The number of carboxylic acids is 1. The van der Waals surface area contributed by atoms with E-state index in [1.54, 1.807) is 12.1 Å². The standard InChI is InChI=1S/C14H19NO3/c1-9-10(8-15(2)3)12(16)5-4-11(9)14(6-7-14)13(17)18/h4-5,16H,6-8H2,1-3H3,(H,17,18). The van der Waals surface area contributed by atoms with Gasteiger partial charge in [0.05, 0.1) is 5.41 Å². The predicted molar refractivity (Wildman–Crippen MR) is 68.8 cm³/mol. The molecular weight excluding hydrogens is 230 g/mol. The van der Waals surface area contributed by atoms with Gasteiger partial charge in [0.1, 0.15) is 5.75 Å². The van der Waals surface area contributed by atoms with Crippen molar-refractivity contribution in [2.75, 3.05) is 14.1 Å². The van der Waals surface area contributed by atoms with E-state index in [2.05, 4.69) is 0 Å². The van der Waals surface area contributed by atoms with Crippen LogP contribution in [0.4, 0.5) is 0 Å². The molecule has 4 heteroatoms. The van der Waals surface area contributed by atoms with Crippen molar-refractivity contribution >= 4 is 5.97 Å². The number of phenolic OH excluding ortho intramolecular Hbond substituents is 1. The average Bonchev–Trinajstić information content (AvgIpc) is 3.05. The molecule has 0 heterocycles. The number of nitrogens with zero attached hydrogens (tertiary/aromatic N) is 1. The molecule has 0 atom stereocenters. The van der Waals surface area contributed by atoms with Crippen LogP contribution in [0.5, 0.6) is 5.75 Å². The molecule has 1 fully saturated rings. The number of carboxylic acid groups (broad SMARTS) is 1. The molecule has 0 radical (unpaired) electrons. The summed E-state index contributed by atoms with van der Waals surface area (Å²) in [6, 6.07) is 3.37. The highest BCUT2D eigenvalue weighted by molar-refractivity contribution is 5.85. The van der Waals surface area contributed by atoms with Crippen molar-refractivity contribution in [1.29, 1.82) is 0 Å². The van der Waals surface area contributed by atoms with Gasteiger partial charge < -0.3 is 15.1 Å². The van der Waals surface area contributed by atoms with Crippen molar-refractivity contribution in [2.24, 2.45) is 0 Å². The second-order valence-electron chi connectivity index (χ2n) is 5.36. The van der Waals surface area contributed by atoms with Crippen molar-refractivity contribution in [3.05, 3.63) is 28.8 Å². The lowest BCUT2D eigenvalue weighted by Crippen LogP contribution is -2.22. The smallest absolute Gasteiger partial charge is 0.314 e. The van der Waals surface area contributed by atoms with Gasteiger partial charge in [0.25, 0.3) is 0 Å². The van der Waals surface area contributed by atoms with E-state index in [0.717, 1.165) is 16.7 Å². The average molecular weight is 249 g/mol. The number of phenols is 1. The first-order valence-electron chi connectivity index (χ1n) is 6.08. The molecule has 1 aliphatic carbocycles. The first-order chi connectivity index (χ1) is 8.38. The minimum absolute atomic E-state index is 0.242. The highest BCUT2D eigenvalue weighted by atomic mass is 16.4. The van der Waals surface area contributed by atoms with Crippen LogP contribution in [-0.4, -0.2) is 35.2 Å². The Morgan fingerprint density at radius 3 is 2.44 bits per heavy atom. The molecular formula is C14H19NO3. The molecule has 0 aliphatic heterocycles. The molecule has 0 aromatic heterocycles. The normalized spacial score (nSPS) is 16.9. The van der Waals surface area contributed by atoms with Crippen molar-refractivity contribution < 1.29 is 15.0 Å². The zero-order chi connectivity index (χ0) is 13.5. The van der Waals surface area contributed by atoms with Gasteiger partial charge in [-0.2, -0.15) is 0 Å². The zero-order valence-corrected chi connectivity index (χ0v) is 11.0. The van der Waals surface area contributed by atoms with Crippen molar-refractivity contribution in [3.8, 4) is 5.75 Å². The molecule has 0 amide bonds. The fourth-order valence-electron chi connectivity index (χ4n) is 2.50. The molecule has 18 heavy (non-hydrogen) atoms. The molecule has 2 N–H and O–H groups in total. The van der Waals surface area contributed by atoms with E-state index in [4.69, 9.17) is 0 Å². The van der Waals surface area contributed by atoms with Crippen LogP contribution < -0.4 is 0 Å². The lowest BCUT2D eigenvalue weighted by Gasteiger charge is -2.20. The third-order valence-electron chi connectivity index (χ3n) is 3.72. The largest absolute Gasteiger partial charge is 0.508 e. The van der Waals surface area contributed by atoms with Crippen LogP contribution in [0.2, 0.25) is 0 Å². The summed E-state index contributed by atoms with van der Waals surface area (Å²) in [5, 5.41) is 19.3. The summed E-state index contributed by atoms with van der Waals surface area (Å²) in [6.07, 6.45) is 1.38. The molecule has 1 aromatic carbocycles. The highest BCUT2D eigenvalue weighted by Gasteiger charge is 2.52. The molecule has 1 aliphatic rings. The minimum atomic E-state index is -0.757. The fourth-order valence-corrected chi connectivity index (χ4v) is 2.50. The van der Waals surface area contributed by atoms with Crippen LogP contribution >= 0.6 is 0 Å². The van der Waals surface area contributed by atoms with Crippen molar-refractivity contribution in [1.82, 2.24) is 4.90 Å². The summed E-state index contributed by atoms with van der Waals surface area (Å²) >= 11 is 0. The van der Waals surface area contributed by atoms with Crippen LogP contribution in [-0.2, 0) is 16.8 Å². The van der Waals surface area contributed by atoms with Crippen molar-refractivity contribution in [2.45, 2.75) is 31.7 Å². The van der Waals surface area contributed by atoms with E-state index in [9.17, 15) is 15.0 Å². The van der Waals surface area contributed by atoms with Gasteiger partial charge in [0.15, 0.2) is 0 Å². The molecule has 0 bridgehead atoms. The number of hydrogen-bond donors (Lipinski definition) is 2. The van der Waals surface area contributed by atoms with Gasteiger partial charge in [-0.3, -0.25) is 4.79 Å². The molecule has 4 nitrogen and oxygen atoms in total. The Kier molecular flexibility index (Phi) is 3.07. The lowest BCUT2D eigenvalue weighted by atomic mass is 9.89. The van der Waals surface area contributed by atoms with Gasteiger partial charge in [-0.25, -0.2) is 0 Å². The van der Waals surface area contributed by atoms with E-state index in [1.807, 2.05) is 25.9 Å². The van der Waals surface area contributed by atoms with Crippen LogP contribution in [0.1, 0.15) is 29.5 Å². The summed E-state index contributed by atoms with van der Waals surface area (Å²) in [7, 11) is 3.85. The van der Waals surface area contributed by atoms with E-state index in [0.29, 0.717) is 19.4 Å². The second-order valence-corrected chi connectivity index (χ2v) is 5.36. The number of benzene rings is 1. The second kappa shape index (κ2) is 4.28. The maximum absolute atomic E-state index is 11.4. The monoisotopic (exact) mass is 249 g/mol.